The van der Waals surface area contributed by atoms with Crippen molar-refractivity contribution in [2.75, 3.05) is 34.8 Å². The first-order chi connectivity index (χ1) is 14.2. The van der Waals surface area contributed by atoms with E-state index in [4.69, 9.17) is 0 Å². The fourth-order valence-electron chi connectivity index (χ4n) is 2.95. The van der Waals surface area contributed by atoms with Crippen LogP contribution in [0.4, 0.5) is 23.1 Å². The summed E-state index contributed by atoms with van der Waals surface area (Å²) < 4.78 is 40.6. The number of nitrogens with zero attached hydrogens (tertiary/aromatic N) is 2. The second-order valence-corrected chi connectivity index (χ2v) is 11.8. The number of fused-ring (bicyclic) bond motifs is 4. The molecule has 0 amide bonds. The Morgan fingerprint density at radius 2 is 1.93 bits per heavy atom. The van der Waals surface area contributed by atoms with Gasteiger partial charge in [-0.3, -0.25) is 0 Å². The largest absolute Gasteiger partial charge is 0.384 e. The summed E-state index contributed by atoms with van der Waals surface area (Å²) in [7, 11) is -6.98. The first kappa shape index (κ1) is 22.8. The van der Waals surface area contributed by atoms with Crippen molar-refractivity contribution in [2.45, 2.75) is 31.1 Å². The fraction of sp³-hybridized carbons (Fsp3) is 0.389. The second-order valence-electron chi connectivity index (χ2n) is 6.86. The zero-order valence-electron chi connectivity index (χ0n) is 16.6. The van der Waals surface area contributed by atoms with E-state index >= 15 is 0 Å². The van der Waals surface area contributed by atoms with E-state index in [-0.39, 0.29) is 5.75 Å². The Hall–Kier alpha value is -1.89. The molecule has 4 N–H and O–H groups in total. The normalized spacial score (nSPS) is 16.5. The molecular formula is C18H25BrN6O3S2. The number of benzene rings is 1. The number of rotatable bonds is 5. The van der Waals surface area contributed by atoms with Gasteiger partial charge in [-0.25, -0.2) is 17.6 Å². The van der Waals surface area contributed by atoms with Crippen molar-refractivity contribution in [1.29, 1.82) is 0 Å². The average Bonchev–Trinajstić information content (AvgIpc) is 2.66. The molecule has 3 rings (SSSR count). The van der Waals surface area contributed by atoms with Crippen molar-refractivity contribution in [2.24, 2.45) is 0 Å². The minimum Gasteiger partial charge on any atom is -0.384 e. The van der Waals surface area contributed by atoms with Crippen molar-refractivity contribution in [1.82, 2.24) is 14.1 Å². The van der Waals surface area contributed by atoms with Gasteiger partial charge in [-0.05, 0) is 59.3 Å². The summed E-state index contributed by atoms with van der Waals surface area (Å²) in [4.78, 5) is 9.04. The molecular weight excluding hydrogens is 492 g/mol. The van der Waals surface area contributed by atoms with Crippen LogP contribution in [0.5, 0.6) is 0 Å². The summed E-state index contributed by atoms with van der Waals surface area (Å²) in [6.45, 7) is 3.10. The van der Waals surface area contributed by atoms with E-state index in [0.29, 0.717) is 41.0 Å². The quantitative estimate of drug-likeness (QED) is 0.447. The summed E-state index contributed by atoms with van der Waals surface area (Å²) in [6, 6.07) is 5.05. The molecule has 0 fully saturated rings. The molecule has 0 radical (unpaired) electrons. The van der Waals surface area contributed by atoms with Crippen LogP contribution in [0.15, 0.2) is 33.8 Å². The molecule has 0 spiro atoms. The molecule has 9 nitrogen and oxygen atoms in total. The number of hydrogen-bond acceptors (Lipinski definition) is 8. The topological polar surface area (TPSA) is 125 Å². The maximum absolute atomic E-state index is 13.2. The van der Waals surface area contributed by atoms with Crippen LogP contribution in [0.3, 0.4) is 0 Å². The fourth-order valence-corrected chi connectivity index (χ4v) is 6.93. The molecule has 1 aromatic heterocycles. The molecule has 4 bridgehead atoms. The third-order valence-electron chi connectivity index (χ3n) is 4.28. The third kappa shape index (κ3) is 5.84. The van der Waals surface area contributed by atoms with Gasteiger partial charge in [0.2, 0.25) is 16.0 Å². The first-order valence-corrected chi connectivity index (χ1v) is 13.7. The number of nitrogens with one attached hydrogen (secondary N) is 4. The smallest absolute Gasteiger partial charge is 0.229 e. The van der Waals surface area contributed by atoms with Crippen LogP contribution in [0.1, 0.15) is 26.2 Å². The van der Waals surface area contributed by atoms with Gasteiger partial charge in [0, 0.05) is 25.0 Å². The van der Waals surface area contributed by atoms with Gasteiger partial charge in [-0.15, -0.1) is 4.13 Å². The number of hydrogen-bond donors (Lipinski definition) is 4. The van der Waals surface area contributed by atoms with Crippen molar-refractivity contribution in [3.63, 3.8) is 0 Å². The number of sulfonamides is 1. The van der Waals surface area contributed by atoms with Crippen LogP contribution in [-0.2, 0) is 19.7 Å². The maximum atomic E-state index is 13.2. The lowest BCUT2D eigenvalue weighted by atomic mass is 10.2. The SMILES string of the molecule is C=S(=O)(NS(=O)(=O)CCC)c1ccc2cc1NCCCCNc1nc(ncc1Br)N2. The lowest BCUT2D eigenvalue weighted by molar-refractivity contribution is 0.591. The summed E-state index contributed by atoms with van der Waals surface area (Å²) in [5.74, 6) is 4.67. The maximum Gasteiger partial charge on any atom is 0.229 e. The van der Waals surface area contributed by atoms with Crippen molar-refractivity contribution in [3.05, 3.63) is 28.9 Å². The van der Waals surface area contributed by atoms with Gasteiger partial charge in [0.25, 0.3) is 0 Å². The lowest BCUT2D eigenvalue weighted by Gasteiger charge is -2.18. The van der Waals surface area contributed by atoms with Crippen molar-refractivity contribution in [3.8, 4) is 0 Å². The van der Waals surface area contributed by atoms with E-state index in [1.54, 1.807) is 31.3 Å². The lowest BCUT2D eigenvalue weighted by Crippen LogP contribution is -2.32. The molecule has 1 aliphatic rings. The summed E-state index contributed by atoms with van der Waals surface area (Å²) in [5, 5.41) is 9.66. The van der Waals surface area contributed by atoms with Crippen LogP contribution in [-0.4, -0.2) is 47.3 Å². The Kier molecular flexibility index (Phi) is 7.22. The third-order valence-corrected chi connectivity index (χ3v) is 8.97. The van der Waals surface area contributed by atoms with Crippen molar-refractivity contribution < 1.29 is 12.6 Å². The van der Waals surface area contributed by atoms with Gasteiger partial charge in [0.15, 0.2) is 0 Å². The van der Waals surface area contributed by atoms with Gasteiger partial charge in [-0.2, -0.15) is 4.98 Å². The highest BCUT2D eigenvalue weighted by Gasteiger charge is 2.20. The highest BCUT2D eigenvalue weighted by Crippen LogP contribution is 2.28. The standard InChI is InChI=1S/C18H25BrN6O3S2/c1-3-10-30(27,28)25-29(2,26)16-7-6-13-11-15(16)20-8-4-5-9-21-17-14(19)12-22-18(23-13)24-17/h6-7,11-12,20H,2-5,8-10H2,1H3,(H,25,26)(H2,21,22,23,24). The van der Waals surface area contributed by atoms with Crippen molar-refractivity contribution >= 4 is 64.7 Å². The van der Waals surface area contributed by atoms with E-state index in [2.05, 4.69) is 51.8 Å². The van der Waals surface area contributed by atoms with Gasteiger partial charge < -0.3 is 16.0 Å². The number of anilines is 4. The second kappa shape index (κ2) is 9.50. The van der Waals surface area contributed by atoms with Crippen LogP contribution in [0.2, 0.25) is 0 Å². The molecule has 0 saturated heterocycles. The van der Waals surface area contributed by atoms with E-state index in [1.165, 1.54) is 0 Å². The number of aromatic nitrogens is 2. The Labute approximate surface area is 185 Å². The van der Waals surface area contributed by atoms with Gasteiger partial charge in [0.05, 0.1) is 30.5 Å². The summed E-state index contributed by atoms with van der Waals surface area (Å²) in [6.07, 6.45) is 3.81. The van der Waals surface area contributed by atoms with Gasteiger partial charge in [0.1, 0.15) is 5.82 Å². The molecule has 1 aliphatic heterocycles. The Morgan fingerprint density at radius 3 is 2.67 bits per heavy atom. The van der Waals surface area contributed by atoms with E-state index in [0.717, 1.165) is 23.9 Å². The molecule has 0 aliphatic carbocycles. The Balaban J connectivity index is 1.97. The molecule has 2 heterocycles. The van der Waals surface area contributed by atoms with E-state index < -0.39 is 19.7 Å². The monoisotopic (exact) mass is 516 g/mol. The highest BCUT2D eigenvalue weighted by atomic mass is 79.9. The van der Waals surface area contributed by atoms with Crippen LogP contribution in [0, 0.1) is 0 Å². The zero-order chi connectivity index (χ0) is 21.8. The predicted octanol–water partition coefficient (Wildman–Crippen LogP) is 2.92. The first-order valence-electron chi connectivity index (χ1n) is 9.50. The summed E-state index contributed by atoms with van der Waals surface area (Å²) >= 11 is 3.44. The van der Waals surface area contributed by atoms with Gasteiger partial charge >= 0.3 is 0 Å². The molecule has 1 unspecified atom stereocenters. The minimum absolute atomic E-state index is 0.113. The average molecular weight is 517 g/mol. The Bertz CT molecular complexity index is 1120. The molecule has 12 heteroatoms. The van der Waals surface area contributed by atoms with E-state index in [1.807, 2.05) is 0 Å². The molecule has 30 heavy (non-hydrogen) atoms. The molecule has 2 aromatic rings. The predicted molar refractivity (Wildman–Crippen MR) is 126 cm³/mol. The minimum atomic E-state index is -3.70. The molecule has 1 atom stereocenters. The van der Waals surface area contributed by atoms with E-state index in [9.17, 15) is 12.6 Å². The summed E-state index contributed by atoms with van der Waals surface area (Å²) in [5.41, 5.74) is 1.21. The Morgan fingerprint density at radius 1 is 1.20 bits per heavy atom. The molecule has 0 saturated carbocycles. The van der Waals surface area contributed by atoms with Gasteiger partial charge in [-0.1, -0.05) is 6.92 Å². The molecule has 1 aromatic carbocycles. The highest BCUT2D eigenvalue weighted by molar-refractivity contribution is 9.10. The van der Waals surface area contributed by atoms with Crippen LogP contribution in [0.25, 0.3) is 0 Å². The van der Waals surface area contributed by atoms with Crippen LogP contribution >= 0.6 is 15.9 Å². The molecule has 164 valence electrons. The zero-order valence-corrected chi connectivity index (χ0v) is 19.8. The number of halogens is 1. The van der Waals surface area contributed by atoms with Crippen LogP contribution < -0.4 is 20.1 Å².